The fourth-order valence-electron chi connectivity index (χ4n) is 3.52. The summed E-state index contributed by atoms with van der Waals surface area (Å²) in [7, 11) is 0. The molecule has 0 unspecified atom stereocenters. The second-order valence-electron chi connectivity index (χ2n) is 7.05. The predicted molar refractivity (Wildman–Crippen MR) is 110 cm³/mol. The van der Waals surface area contributed by atoms with Crippen molar-refractivity contribution in [1.29, 1.82) is 0 Å². The van der Waals surface area contributed by atoms with Crippen molar-refractivity contribution in [2.45, 2.75) is 59.3 Å². The van der Waals surface area contributed by atoms with E-state index in [4.69, 9.17) is 0 Å². The van der Waals surface area contributed by atoms with Gasteiger partial charge in [0.1, 0.15) is 0 Å². The Labute approximate surface area is 174 Å². The van der Waals surface area contributed by atoms with Gasteiger partial charge < -0.3 is 9.47 Å². The molecule has 0 N–H and O–H groups in total. The fourth-order valence-corrected chi connectivity index (χ4v) is 3.52. The van der Waals surface area contributed by atoms with Crippen molar-refractivity contribution in [3.05, 3.63) is 48.7 Å². The van der Waals surface area contributed by atoms with Gasteiger partial charge in [0.05, 0.1) is 25.3 Å². The Morgan fingerprint density at radius 2 is 1.50 bits per heavy atom. The van der Waals surface area contributed by atoms with Crippen LogP contribution in [0.4, 0.5) is 5.69 Å². The van der Waals surface area contributed by atoms with Crippen LogP contribution in [-0.2, 0) is 20.1 Å². The molecule has 0 aliphatic rings. The molecule has 2 nitrogen and oxygen atoms in total. The molecule has 1 aromatic heterocycles. The van der Waals surface area contributed by atoms with E-state index in [-0.39, 0.29) is 20.1 Å². The number of hydrogen-bond donors (Lipinski definition) is 0. The van der Waals surface area contributed by atoms with Crippen LogP contribution in [0.2, 0.25) is 0 Å². The Kier molecular flexibility index (Phi) is 11.0. The van der Waals surface area contributed by atoms with Crippen molar-refractivity contribution in [3.63, 3.8) is 0 Å². The molecular weight excluding hydrogens is 496 g/mol. The molecule has 0 aliphatic heterocycles. The Morgan fingerprint density at radius 1 is 0.885 bits per heavy atom. The number of hydrogen-bond acceptors (Lipinski definition) is 1. The zero-order valence-corrected chi connectivity index (χ0v) is 19.0. The third-order valence-electron chi connectivity index (χ3n) is 5.09. The van der Waals surface area contributed by atoms with E-state index in [0.29, 0.717) is 0 Å². The van der Waals surface area contributed by atoms with Crippen LogP contribution in [-0.4, -0.2) is 24.6 Å². The van der Waals surface area contributed by atoms with E-state index >= 15 is 0 Å². The first-order valence-electron chi connectivity index (χ1n) is 10.1. The van der Waals surface area contributed by atoms with Gasteiger partial charge in [0.25, 0.3) is 0 Å². The molecule has 2 rings (SSSR count). The van der Waals surface area contributed by atoms with E-state index in [2.05, 4.69) is 62.2 Å². The minimum atomic E-state index is 0. The second kappa shape index (κ2) is 12.4. The van der Waals surface area contributed by atoms with Crippen molar-refractivity contribution in [2.75, 3.05) is 19.6 Å². The van der Waals surface area contributed by atoms with Crippen LogP contribution < -0.4 is 4.48 Å². The average molecular weight is 531 g/mol. The summed E-state index contributed by atoms with van der Waals surface area (Å²) in [6.07, 6.45) is 9.48. The van der Waals surface area contributed by atoms with Gasteiger partial charge in [-0.05, 0) is 31.0 Å². The monoisotopic (exact) mass is 531 g/mol. The number of nitrogens with zero attached hydrogens (tertiary/aromatic N) is 2. The third-order valence-corrected chi connectivity index (χ3v) is 5.09. The zero-order valence-electron chi connectivity index (χ0n) is 16.6. The topological polar surface area (TPSA) is 12.9 Å². The molecule has 2 aromatic rings. The van der Waals surface area contributed by atoms with E-state index < -0.39 is 0 Å². The van der Waals surface area contributed by atoms with Crippen molar-refractivity contribution < 1.29 is 20.1 Å². The third kappa shape index (κ3) is 6.30. The van der Waals surface area contributed by atoms with Crippen molar-refractivity contribution in [1.82, 2.24) is 9.47 Å². The molecule has 0 saturated heterocycles. The predicted octanol–water partition coefficient (Wildman–Crippen LogP) is 6.25. The molecule has 0 spiro atoms. The van der Waals surface area contributed by atoms with Crippen molar-refractivity contribution >= 4 is 5.69 Å². The van der Waals surface area contributed by atoms with Crippen LogP contribution in [0.3, 0.4) is 0 Å². The number of rotatable bonds is 11. The molecule has 145 valence electrons. The van der Waals surface area contributed by atoms with Crippen LogP contribution in [0, 0.1) is 6.07 Å². The quantitative estimate of drug-likeness (QED) is 0.247. The van der Waals surface area contributed by atoms with Crippen molar-refractivity contribution in [2.24, 2.45) is 0 Å². The molecule has 0 amide bonds. The maximum absolute atomic E-state index is 4.52. The van der Waals surface area contributed by atoms with Gasteiger partial charge in [0.15, 0.2) is 0 Å². The van der Waals surface area contributed by atoms with E-state index in [1.807, 2.05) is 12.3 Å². The summed E-state index contributed by atoms with van der Waals surface area (Å²) in [5.74, 6) is 0. The molecule has 1 heterocycles. The zero-order chi connectivity index (χ0) is 18.0. The molecule has 0 atom stereocenters. The summed E-state index contributed by atoms with van der Waals surface area (Å²) in [6, 6.07) is 16.2. The summed E-state index contributed by atoms with van der Waals surface area (Å²) in [5.41, 5.74) is 3.57. The fraction of sp³-hybridized carbons (Fsp3) is 0.522. The largest absolute Gasteiger partial charge is 0.307 e. The summed E-state index contributed by atoms with van der Waals surface area (Å²) in [6.45, 7) is 10.6. The minimum Gasteiger partial charge on any atom is -0.307 e. The first-order chi connectivity index (χ1) is 12.3. The maximum atomic E-state index is 4.52. The summed E-state index contributed by atoms with van der Waals surface area (Å²) < 4.78 is 1.12. The Bertz CT molecular complexity index is 591. The first-order valence-corrected chi connectivity index (χ1v) is 10.1. The van der Waals surface area contributed by atoms with E-state index in [0.717, 1.165) is 15.7 Å². The molecule has 26 heavy (non-hydrogen) atoms. The smallest absolute Gasteiger partial charge is 0.0820 e. The SMILES string of the molecule is CCCC[N+](CCCC)(CCCC)c1cc[c-]c(-c2ccccn2)c1.[Ir]. The van der Waals surface area contributed by atoms with Gasteiger partial charge in [-0.1, -0.05) is 64.3 Å². The van der Waals surface area contributed by atoms with Crippen LogP contribution in [0.15, 0.2) is 42.6 Å². The van der Waals surface area contributed by atoms with Gasteiger partial charge in [-0.3, -0.25) is 0 Å². The first kappa shape index (κ1) is 23.0. The molecule has 1 radical (unpaired) electrons. The Hall–Kier alpha value is -1.02. The number of pyridine rings is 1. The number of benzene rings is 1. The Morgan fingerprint density at radius 3 is 2.00 bits per heavy atom. The molecule has 0 aliphatic carbocycles. The van der Waals surface area contributed by atoms with Crippen LogP contribution in [0.5, 0.6) is 0 Å². The Balaban J connectivity index is 0.00000338. The number of aromatic nitrogens is 1. The van der Waals surface area contributed by atoms with Gasteiger partial charge in [0, 0.05) is 26.3 Å². The van der Waals surface area contributed by atoms with Gasteiger partial charge in [-0.2, -0.15) is 0 Å². The van der Waals surface area contributed by atoms with Crippen LogP contribution >= 0.6 is 0 Å². The van der Waals surface area contributed by atoms with E-state index in [9.17, 15) is 0 Å². The molecular formula is C23H34IrN2. The van der Waals surface area contributed by atoms with Crippen molar-refractivity contribution in [3.8, 4) is 11.3 Å². The minimum absolute atomic E-state index is 0. The molecule has 0 fully saturated rings. The summed E-state index contributed by atoms with van der Waals surface area (Å²) in [5, 5.41) is 0. The van der Waals surface area contributed by atoms with Crippen LogP contribution in [0.1, 0.15) is 59.3 Å². The van der Waals surface area contributed by atoms with Gasteiger partial charge in [0.2, 0.25) is 0 Å². The van der Waals surface area contributed by atoms with Gasteiger partial charge in [-0.15, -0.1) is 17.7 Å². The van der Waals surface area contributed by atoms with E-state index in [1.54, 1.807) is 0 Å². The normalized spacial score (nSPS) is 11.2. The summed E-state index contributed by atoms with van der Waals surface area (Å²) >= 11 is 0. The molecule has 1 aromatic carbocycles. The molecule has 0 saturated carbocycles. The maximum Gasteiger partial charge on any atom is 0.0820 e. The van der Waals surface area contributed by atoms with Crippen LogP contribution in [0.25, 0.3) is 11.3 Å². The molecule has 0 bridgehead atoms. The average Bonchev–Trinajstić information content (AvgIpc) is 2.68. The second-order valence-corrected chi connectivity index (χ2v) is 7.05. The van der Waals surface area contributed by atoms with Gasteiger partial charge >= 0.3 is 0 Å². The molecule has 3 heteroatoms. The standard InChI is InChI=1S/C23H34N2.Ir/c1-4-7-17-25(18-8-5-2,19-9-6-3)22-14-12-13-21(20-22)23-15-10-11-16-24-23;/h10-12,14-16,20H,4-9,17-19H2,1-3H3;. The number of unbranched alkanes of at least 4 members (excludes halogenated alkanes) is 3. The number of quaternary nitrogens is 1. The van der Waals surface area contributed by atoms with Gasteiger partial charge in [-0.25, -0.2) is 0 Å². The van der Waals surface area contributed by atoms with E-state index in [1.165, 1.54) is 63.8 Å². The summed E-state index contributed by atoms with van der Waals surface area (Å²) in [4.78, 5) is 4.52.